The number of H-pyrrole nitrogens is 2. The van der Waals surface area contributed by atoms with Gasteiger partial charge in [0.1, 0.15) is 11.1 Å². The molecule has 1 aliphatic rings. The minimum atomic E-state index is -0.228. The summed E-state index contributed by atoms with van der Waals surface area (Å²) in [6.45, 7) is 2.25. The van der Waals surface area contributed by atoms with Crippen LogP contribution >= 0.6 is 0 Å². The molecule has 1 aliphatic heterocycles. The van der Waals surface area contributed by atoms with Crippen LogP contribution in [0.25, 0.3) is 11.0 Å². The second kappa shape index (κ2) is 6.51. The zero-order valence-electron chi connectivity index (χ0n) is 14.2. The van der Waals surface area contributed by atoms with E-state index in [0.29, 0.717) is 54.5 Å². The van der Waals surface area contributed by atoms with Gasteiger partial charge in [0.2, 0.25) is 5.95 Å². The molecule has 0 aliphatic carbocycles. The van der Waals surface area contributed by atoms with Crippen LogP contribution in [0.5, 0.6) is 5.75 Å². The monoisotopic (exact) mass is 354 g/mol. The topological polar surface area (TPSA) is 107 Å². The van der Waals surface area contributed by atoms with E-state index in [1.54, 1.807) is 30.2 Å². The number of anilines is 1. The molecule has 1 aromatic carbocycles. The molecule has 2 N–H and O–H groups in total. The summed E-state index contributed by atoms with van der Waals surface area (Å²) in [7, 11) is 1.58. The molecule has 9 nitrogen and oxygen atoms in total. The maximum Gasteiger partial charge on any atom is 0.263 e. The number of benzene rings is 1. The van der Waals surface area contributed by atoms with E-state index in [4.69, 9.17) is 4.74 Å². The molecule has 0 atom stereocenters. The van der Waals surface area contributed by atoms with Crippen molar-refractivity contribution >= 4 is 22.9 Å². The van der Waals surface area contributed by atoms with E-state index in [-0.39, 0.29) is 11.5 Å². The van der Waals surface area contributed by atoms with Gasteiger partial charge in [0.05, 0.1) is 13.3 Å². The van der Waals surface area contributed by atoms with Crippen LogP contribution in [0, 0.1) is 0 Å². The van der Waals surface area contributed by atoms with Gasteiger partial charge >= 0.3 is 0 Å². The lowest BCUT2D eigenvalue weighted by molar-refractivity contribution is 0.0746. The molecule has 1 fully saturated rings. The fourth-order valence-electron chi connectivity index (χ4n) is 3.04. The van der Waals surface area contributed by atoms with Gasteiger partial charge in [-0.1, -0.05) is 6.07 Å². The minimum absolute atomic E-state index is 0.0333. The Balaban J connectivity index is 1.47. The van der Waals surface area contributed by atoms with Crippen molar-refractivity contribution in [1.82, 2.24) is 25.1 Å². The number of nitrogens with zero attached hydrogens (tertiary/aromatic N) is 4. The summed E-state index contributed by atoms with van der Waals surface area (Å²) in [5.41, 5.74) is 0.829. The Morgan fingerprint density at radius 3 is 2.81 bits per heavy atom. The lowest BCUT2D eigenvalue weighted by atomic mass is 10.1. The quantitative estimate of drug-likeness (QED) is 0.714. The Morgan fingerprint density at radius 1 is 1.23 bits per heavy atom. The van der Waals surface area contributed by atoms with E-state index in [1.165, 1.54) is 6.20 Å². The fraction of sp³-hybridized carbons (Fsp3) is 0.294. The molecular weight excluding hydrogens is 336 g/mol. The number of carbonyl (C=O) groups is 1. The number of hydrogen-bond acceptors (Lipinski definition) is 6. The second-order valence-corrected chi connectivity index (χ2v) is 6.03. The largest absolute Gasteiger partial charge is 0.497 e. The Labute approximate surface area is 148 Å². The lowest BCUT2D eigenvalue weighted by Gasteiger charge is -2.35. The highest BCUT2D eigenvalue weighted by Crippen LogP contribution is 2.17. The standard InChI is InChI=1S/C17H18N6O3/c1-26-12-4-2-3-11(9-12)16(25)22-5-7-23(8-6-22)17-19-14-13(10-18-21-14)15(24)20-17/h2-4,9-10H,5-8H2,1H3,(H2,18,19,20,21,24). The van der Waals surface area contributed by atoms with Crippen LogP contribution in [0.3, 0.4) is 0 Å². The van der Waals surface area contributed by atoms with E-state index < -0.39 is 0 Å². The average Bonchev–Trinajstić information content (AvgIpc) is 3.17. The van der Waals surface area contributed by atoms with Crippen LogP contribution in [0.4, 0.5) is 5.95 Å². The number of methoxy groups -OCH3 is 1. The minimum Gasteiger partial charge on any atom is -0.497 e. The fourth-order valence-corrected chi connectivity index (χ4v) is 3.04. The Morgan fingerprint density at radius 2 is 2.04 bits per heavy atom. The van der Waals surface area contributed by atoms with Gasteiger partial charge < -0.3 is 14.5 Å². The van der Waals surface area contributed by atoms with Crippen molar-refractivity contribution in [1.29, 1.82) is 0 Å². The highest BCUT2D eigenvalue weighted by atomic mass is 16.5. The van der Waals surface area contributed by atoms with Crippen molar-refractivity contribution in [3.05, 3.63) is 46.4 Å². The van der Waals surface area contributed by atoms with Crippen molar-refractivity contribution in [2.24, 2.45) is 0 Å². The molecule has 3 aromatic rings. The first kappa shape index (κ1) is 16.1. The molecule has 134 valence electrons. The number of aromatic amines is 2. The molecule has 1 saturated heterocycles. The number of aromatic nitrogens is 4. The summed E-state index contributed by atoms with van der Waals surface area (Å²) in [6, 6.07) is 7.13. The average molecular weight is 354 g/mol. The summed E-state index contributed by atoms with van der Waals surface area (Å²) >= 11 is 0. The third kappa shape index (κ3) is 2.87. The van der Waals surface area contributed by atoms with Crippen LogP contribution in [0.2, 0.25) is 0 Å². The molecule has 3 heterocycles. The highest BCUT2D eigenvalue weighted by molar-refractivity contribution is 5.94. The van der Waals surface area contributed by atoms with E-state index >= 15 is 0 Å². The maximum atomic E-state index is 12.7. The number of rotatable bonds is 3. The SMILES string of the molecule is COc1cccc(C(=O)N2CCN(c3nc4[nH]ncc4c(=O)[nH]3)CC2)c1. The predicted molar refractivity (Wildman–Crippen MR) is 95.6 cm³/mol. The van der Waals surface area contributed by atoms with Crippen LogP contribution in [0.1, 0.15) is 10.4 Å². The van der Waals surface area contributed by atoms with Gasteiger partial charge in [0.15, 0.2) is 5.65 Å². The van der Waals surface area contributed by atoms with Crippen molar-refractivity contribution in [3.63, 3.8) is 0 Å². The molecule has 9 heteroatoms. The zero-order valence-corrected chi connectivity index (χ0v) is 14.2. The van der Waals surface area contributed by atoms with E-state index in [1.807, 2.05) is 11.0 Å². The van der Waals surface area contributed by atoms with Crippen molar-refractivity contribution in [2.45, 2.75) is 0 Å². The number of ether oxygens (including phenoxy) is 1. The molecule has 26 heavy (non-hydrogen) atoms. The van der Waals surface area contributed by atoms with Crippen LogP contribution in [0.15, 0.2) is 35.3 Å². The summed E-state index contributed by atoms with van der Waals surface area (Å²) in [5.74, 6) is 1.11. The summed E-state index contributed by atoms with van der Waals surface area (Å²) in [6.07, 6.45) is 1.45. The number of hydrogen-bond donors (Lipinski definition) is 2. The summed E-state index contributed by atoms with van der Waals surface area (Å²) in [4.78, 5) is 35.7. The highest BCUT2D eigenvalue weighted by Gasteiger charge is 2.24. The Kier molecular flexibility index (Phi) is 4.04. The number of carbonyl (C=O) groups excluding carboxylic acids is 1. The molecule has 4 rings (SSSR count). The first-order chi connectivity index (χ1) is 12.7. The van der Waals surface area contributed by atoms with Gasteiger partial charge in [-0.25, -0.2) is 0 Å². The third-order valence-corrected chi connectivity index (χ3v) is 4.49. The van der Waals surface area contributed by atoms with Gasteiger partial charge in [-0.3, -0.25) is 19.7 Å². The zero-order chi connectivity index (χ0) is 18.1. The van der Waals surface area contributed by atoms with Crippen molar-refractivity contribution < 1.29 is 9.53 Å². The first-order valence-electron chi connectivity index (χ1n) is 8.27. The van der Waals surface area contributed by atoms with Gasteiger partial charge in [-0.2, -0.15) is 10.1 Å². The molecule has 0 unspecified atom stereocenters. The van der Waals surface area contributed by atoms with Gasteiger partial charge in [0, 0.05) is 31.7 Å². The van der Waals surface area contributed by atoms with Gasteiger partial charge in [-0.15, -0.1) is 0 Å². The molecular formula is C17H18N6O3. The van der Waals surface area contributed by atoms with Gasteiger partial charge in [0.25, 0.3) is 11.5 Å². The van der Waals surface area contributed by atoms with Crippen LogP contribution in [-0.2, 0) is 0 Å². The smallest absolute Gasteiger partial charge is 0.263 e. The number of nitrogens with one attached hydrogen (secondary N) is 2. The molecule has 2 aromatic heterocycles. The predicted octanol–water partition coefficient (Wildman–Crippen LogP) is 0.617. The van der Waals surface area contributed by atoms with E-state index in [0.717, 1.165) is 0 Å². The molecule has 0 spiro atoms. The summed E-state index contributed by atoms with van der Waals surface area (Å²) in [5, 5.41) is 6.99. The number of piperazine rings is 1. The lowest BCUT2D eigenvalue weighted by Crippen LogP contribution is -2.49. The molecule has 0 radical (unpaired) electrons. The Bertz CT molecular complexity index is 1000. The first-order valence-corrected chi connectivity index (χ1v) is 8.27. The van der Waals surface area contributed by atoms with Gasteiger partial charge in [-0.05, 0) is 18.2 Å². The normalized spacial score (nSPS) is 14.7. The summed E-state index contributed by atoms with van der Waals surface area (Å²) < 4.78 is 5.18. The maximum absolute atomic E-state index is 12.7. The van der Waals surface area contributed by atoms with Crippen molar-refractivity contribution in [2.75, 3.05) is 38.2 Å². The molecule has 1 amide bonds. The molecule has 0 bridgehead atoms. The van der Waals surface area contributed by atoms with E-state index in [2.05, 4.69) is 20.2 Å². The Hall–Kier alpha value is -3.36. The van der Waals surface area contributed by atoms with Crippen LogP contribution in [-0.4, -0.2) is 64.3 Å². The van der Waals surface area contributed by atoms with E-state index in [9.17, 15) is 9.59 Å². The number of amides is 1. The third-order valence-electron chi connectivity index (χ3n) is 4.49. The van der Waals surface area contributed by atoms with Crippen molar-refractivity contribution in [3.8, 4) is 5.75 Å². The number of fused-ring (bicyclic) bond motifs is 1. The second-order valence-electron chi connectivity index (χ2n) is 6.03. The molecule has 0 saturated carbocycles. The van der Waals surface area contributed by atoms with Crippen LogP contribution < -0.4 is 15.2 Å².